The number of rotatable bonds is 5. The molecule has 3 rings (SSSR count). The average molecular weight is 365 g/mol. The van der Waals surface area contributed by atoms with Gasteiger partial charge in [-0.2, -0.15) is 0 Å². The summed E-state index contributed by atoms with van der Waals surface area (Å²) in [6.45, 7) is 0.950. The van der Waals surface area contributed by atoms with Gasteiger partial charge in [0.2, 0.25) is 0 Å². The third kappa shape index (κ3) is 5.17. The molecule has 0 heterocycles. The van der Waals surface area contributed by atoms with Crippen molar-refractivity contribution in [2.24, 2.45) is 0 Å². The summed E-state index contributed by atoms with van der Waals surface area (Å²) in [5.41, 5.74) is 0. The minimum atomic E-state index is 0.794. The van der Waals surface area contributed by atoms with E-state index in [4.69, 9.17) is 0 Å². The van der Waals surface area contributed by atoms with Crippen LogP contribution in [0.15, 0.2) is 10.9 Å². The maximum absolute atomic E-state index is 2.75. The summed E-state index contributed by atoms with van der Waals surface area (Å²) in [4.78, 5) is 3.77. The fourth-order valence-corrected chi connectivity index (χ4v) is 7.49. The second-order valence-corrected chi connectivity index (χ2v) is 10.6. The first-order chi connectivity index (χ1) is 10.9. The Kier molecular flexibility index (Phi) is 7.47. The van der Waals surface area contributed by atoms with Crippen LogP contribution in [0.3, 0.4) is 0 Å². The van der Waals surface area contributed by atoms with Crippen LogP contribution in [0.25, 0.3) is 0 Å². The molecule has 0 amide bonds. The van der Waals surface area contributed by atoms with Crippen LogP contribution in [0.4, 0.5) is 0 Å². The molecular formula is C20H35BSe. The summed E-state index contributed by atoms with van der Waals surface area (Å²) in [6.07, 6.45) is 22.7. The zero-order valence-corrected chi connectivity index (χ0v) is 16.2. The zero-order valence-electron chi connectivity index (χ0n) is 14.5. The molecule has 0 aliphatic heterocycles. The second kappa shape index (κ2) is 9.58. The van der Waals surface area contributed by atoms with E-state index in [-0.39, 0.29) is 0 Å². The Morgan fingerprint density at radius 1 is 0.591 bits per heavy atom. The molecule has 0 aromatic rings. The monoisotopic (exact) mass is 366 g/mol. The summed E-state index contributed by atoms with van der Waals surface area (Å²) in [5, 5.41) is 0. The van der Waals surface area contributed by atoms with Crippen LogP contribution in [-0.2, 0) is 0 Å². The Labute approximate surface area is 145 Å². The first kappa shape index (κ1) is 17.2. The predicted octanol–water partition coefficient (Wildman–Crippen LogP) is 6.66. The molecule has 3 fully saturated rings. The molecule has 3 aliphatic carbocycles. The van der Waals surface area contributed by atoms with Gasteiger partial charge in [0.25, 0.3) is 0 Å². The van der Waals surface area contributed by atoms with Gasteiger partial charge in [-0.15, -0.1) is 0 Å². The molecule has 0 saturated heterocycles. The van der Waals surface area contributed by atoms with Crippen molar-refractivity contribution in [2.45, 2.75) is 113 Å². The molecular weight excluding hydrogens is 330 g/mol. The minimum absolute atomic E-state index is 0.794. The van der Waals surface area contributed by atoms with E-state index in [1.54, 1.807) is 0 Å². The van der Waals surface area contributed by atoms with Crippen molar-refractivity contribution >= 4 is 21.7 Å². The summed E-state index contributed by atoms with van der Waals surface area (Å²) >= 11 is 0.794. The van der Waals surface area contributed by atoms with Gasteiger partial charge >= 0.3 is 145 Å². The first-order valence-corrected chi connectivity index (χ1v) is 12.2. The van der Waals surface area contributed by atoms with E-state index in [9.17, 15) is 0 Å². The van der Waals surface area contributed by atoms with Crippen molar-refractivity contribution in [1.29, 1.82) is 0 Å². The molecule has 124 valence electrons. The van der Waals surface area contributed by atoms with Crippen molar-refractivity contribution < 1.29 is 0 Å². The summed E-state index contributed by atoms with van der Waals surface area (Å²) < 4.78 is 0. The molecule has 2 heteroatoms. The SMILES string of the molecule is C(=C\B(C1CCCCC1)C1CCCCC1)/[Se]C1CCCCC1. The molecule has 0 spiro atoms. The molecule has 0 radical (unpaired) electrons. The van der Waals surface area contributed by atoms with Crippen LogP contribution in [-0.4, -0.2) is 21.7 Å². The molecule has 0 aromatic carbocycles. The van der Waals surface area contributed by atoms with E-state index in [2.05, 4.69) is 10.9 Å². The normalized spacial score (nSPS) is 26.5. The number of hydrogen-bond acceptors (Lipinski definition) is 0. The van der Waals surface area contributed by atoms with Gasteiger partial charge in [-0.05, 0) is 0 Å². The molecule has 0 nitrogen and oxygen atoms in total. The van der Waals surface area contributed by atoms with E-state index in [1.165, 1.54) is 96.3 Å². The van der Waals surface area contributed by atoms with Gasteiger partial charge in [0, 0.05) is 0 Å². The van der Waals surface area contributed by atoms with Crippen molar-refractivity contribution in [1.82, 2.24) is 0 Å². The zero-order chi connectivity index (χ0) is 15.0. The van der Waals surface area contributed by atoms with Gasteiger partial charge in [-0.3, -0.25) is 0 Å². The Morgan fingerprint density at radius 2 is 1.05 bits per heavy atom. The fraction of sp³-hybridized carbons (Fsp3) is 0.900. The standard InChI is InChI=1S/C20H35BSe/c1-4-10-18(11-5-1)21(19-12-6-2-7-13-19)16-17-22-20-14-8-3-9-15-20/h16-20H,1-15H2/b17-16+. The van der Waals surface area contributed by atoms with Crippen LogP contribution in [0, 0.1) is 0 Å². The Balaban J connectivity index is 1.56. The third-order valence-electron chi connectivity index (χ3n) is 6.51. The van der Waals surface area contributed by atoms with E-state index < -0.39 is 0 Å². The van der Waals surface area contributed by atoms with Gasteiger partial charge in [-0.25, -0.2) is 0 Å². The molecule has 0 N–H and O–H groups in total. The Hall–Kier alpha value is 0.324. The van der Waals surface area contributed by atoms with Gasteiger partial charge in [0.1, 0.15) is 0 Å². The third-order valence-corrected chi connectivity index (χ3v) is 8.97. The Morgan fingerprint density at radius 3 is 1.55 bits per heavy atom. The van der Waals surface area contributed by atoms with E-state index >= 15 is 0 Å². The topological polar surface area (TPSA) is 0 Å². The van der Waals surface area contributed by atoms with Crippen molar-refractivity contribution in [2.75, 3.05) is 0 Å². The summed E-state index contributed by atoms with van der Waals surface area (Å²) in [6, 6.07) is 0. The number of hydrogen-bond donors (Lipinski definition) is 0. The Bertz CT molecular complexity index is 305. The molecule has 0 atom stereocenters. The molecule has 0 unspecified atom stereocenters. The fourth-order valence-electron chi connectivity index (χ4n) is 5.19. The molecule has 0 bridgehead atoms. The molecule has 0 aromatic heterocycles. The van der Waals surface area contributed by atoms with Crippen LogP contribution < -0.4 is 0 Å². The summed E-state index contributed by atoms with van der Waals surface area (Å²) in [7, 11) is 0. The van der Waals surface area contributed by atoms with E-state index in [1.807, 2.05) is 0 Å². The first-order valence-electron chi connectivity index (χ1n) is 10.3. The van der Waals surface area contributed by atoms with E-state index in [0.717, 1.165) is 38.1 Å². The molecule has 3 saturated carbocycles. The van der Waals surface area contributed by atoms with Gasteiger partial charge in [0.05, 0.1) is 0 Å². The van der Waals surface area contributed by atoms with E-state index in [0.29, 0.717) is 0 Å². The van der Waals surface area contributed by atoms with Crippen LogP contribution in [0.5, 0.6) is 0 Å². The van der Waals surface area contributed by atoms with Gasteiger partial charge < -0.3 is 0 Å². The van der Waals surface area contributed by atoms with Crippen molar-refractivity contribution in [3.63, 3.8) is 0 Å². The van der Waals surface area contributed by atoms with Gasteiger partial charge in [0.15, 0.2) is 0 Å². The summed E-state index contributed by atoms with van der Waals surface area (Å²) in [5.74, 6) is 4.83. The van der Waals surface area contributed by atoms with Crippen LogP contribution in [0.2, 0.25) is 16.5 Å². The quantitative estimate of drug-likeness (QED) is 0.478. The van der Waals surface area contributed by atoms with Gasteiger partial charge in [-0.1, -0.05) is 0 Å². The van der Waals surface area contributed by atoms with Crippen LogP contribution in [0.1, 0.15) is 96.3 Å². The predicted molar refractivity (Wildman–Crippen MR) is 101 cm³/mol. The average Bonchev–Trinajstić information content (AvgIpc) is 2.61. The van der Waals surface area contributed by atoms with Crippen molar-refractivity contribution in [3.05, 3.63) is 10.9 Å². The molecule has 22 heavy (non-hydrogen) atoms. The maximum atomic E-state index is 2.75. The molecule has 3 aliphatic rings. The van der Waals surface area contributed by atoms with Crippen molar-refractivity contribution in [3.8, 4) is 0 Å². The van der Waals surface area contributed by atoms with Crippen LogP contribution >= 0.6 is 0 Å². The second-order valence-electron chi connectivity index (χ2n) is 8.10.